The Labute approximate surface area is 178 Å². The number of benzene rings is 1. The van der Waals surface area contributed by atoms with Crippen LogP contribution in [0.1, 0.15) is 36.0 Å². The summed E-state index contributed by atoms with van der Waals surface area (Å²) in [6, 6.07) is 6.92. The number of hydrogen-bond acceptors (Lipinski definition) is 2. The first-order valence-electron chi connectivity index (χ1n) is 9.16. The molecule has 7 heteroatoms. The molecule has 0 spiro atoms. The lowest BCUT2D eigenvalue weighted by Crippen LogP contribution is -2.43. The molecule has 1 aliphatic heterocycles. The van der Waals surface area contributed by atoms with E-state index in [4.69, 9.17) is 11.6 Å². The molecule has 1 amide bonds. The molecule has 1 saturated carbocycles. The summed E-state index contributed by atoms with van der Waals surface area (Å²) in [7, 11) is 1.83. The molecule has 1 aromatic rings. The molecule has 2 fully saturated rings. The predicted octanol–water partition coefficient (Wildman–Crippen LogP) is 3.39. The minimum Gasteiger partial charge on any atom is -0.354 e. The fraction of sp³-hybridized carbons (Fsp3) is 0.579. The van der Waals surface area contributed by atoms with Crippen molar-refractivity contribution >= 4 is 47.4 Å². The lowest BCUT2D eigenvalue weighted by molar-refractivity contribution is 0.0954. The van der Waals surface area contributed by atoms with Crippen molar-refractivity contribution in [1.82, 2.24) is 15.5 Å². The highest BCUT2D eigenvalue weighted by molar-refractivity contribution is 14.0. The smallest absolute Gasteiger partial charge is 0.251 e. The number of carbonyl (C=O) groups excluding carboxylic acids is 1. The van der Waals surface area contributed by atoms with Crippen LogP contribution in [0, 0.1) is 11.8 Å². The van der Waals surface area contributed by atoms with Crippen molar-refractivity contribution in [1.29, 1.82) is 0 Å². The molecule has 26 heavy (non-hydrogen) atoms. The van der Waals surface area contributed by atoms with Gasteiger partial charge < -0.3 is 15.5 Å². The van der Waals surface area contributed by atoms with Crippen LogP contribution in [0.2, 0.25) is 5.02 Å². The standard InChI is InChI=1S/C19H27ClN4O.HI/c1-21-19(24-12-15-4-2-3-5-16(15)13-24)23-11-10-22-18(25)14-6-8-17(20)9-7-14;/h6-9,15-16H,2-5,10-13H2,1H3,(H,21,23)(H,22,25);1H. The summed E-state index contributed by atoms with van der Waals surface area (Å²) in [5.74, 6) is 2.53. The molecule has 0 bridgehead atoms. The summed E-state index contributed by atoms with van der Waals surface area (Å²) in [4.78, 5) is 18.9. The third kappa shape index (κ3) is 5.49. The molecule has 144 valence electrons. The zero-order valence-electron chi connectivity index (χ0n) is 15.2. The monoisotopic (exact) mass is 490 g/mol. The zero-order chi connectivity index (χ0) is 17.6. The van der Waals surface area contributed by atoms with Crippen LogP contribution in [0.25, 0.3) is 0 Å². The molecular weight excluding hydrogens is 463 g/mol. The minimum atomic E-state index is -0.0827. The van der Waals surface area contributed by atoms with Crippen molar-refractivity contribution in [2.45, 2.75) is 25.7 Å². The van der Waals surface area contributed by atoms with Gasteiger partial charge >= 0.3 is 0 Å². The van der Waals surface area contributed by atoms with Gasteiger partial charge in [-0.2, -0.15) is 0 Å². The number of nitrogens with one attached hydrogen (secondary N) is 2. The Morgan fingerprint density at radius 1 is 1.12 bits per heavy atom. The average molecular weight is 491 g/mol. The topological polar surface area (TPSA) is 56.7 Å². The van der Waals surface area contributed by atoms with Gasteiger partial charge in [0, 0.05) is 43.8 Å². The maximum atomic E-state index is 12.1. The Bertz CT molecular complexity index is 608. The Morgan fingerprint density at radius 2 is 1.69 bits per heavy atom. The number of hydrogen-bond donors (Lipinski definition) is 2. The molecule has 2 atom stereocenters. The molecule has 1 saturated heterocycles. The Hall–Kier alpha value is -1.02. The van der Waals surface area contributed by atoms with E-state index in [1.807, 2.05) is 7.05 Å². The van der Waals surface area contributed by atoms with E-state index in [1.54, 1.807) is 24.3 Å². The highest BCUT2D eigenvalue weighted by Crippen LogP contribution is 2.35. The molecule has 1 heterocycles. The number of nitrogens with zero attached hydrogens (tertiary/aromatic N) is 2. The molecule has 0 radical (unpaired) electrons. The van der Waals surface area contributed by atoms with Gasteiger partial charge in [-0.25, -0.2) is 0 Å². The van der Waals surface area contributed by atoms with Crippen molar-refractivity contribution in [3.8, 4) is 0 Å². The number of likely N-dealkylation sites (tertiary alicyclic amines) is 1. The lowest BCUT2D eigenvalue weighted by Gasteiger charge is -2.22. The minimum absolute atomic E-state index is 0. The summed E-state index contributed by atoms with van der Waals surface area (Å²) in [5, 5.41) is 6.93. The fourth-order valence-corrected chi connectivity index (χ4v) is 4.09. The van der Waals surface area contributed by atoms with Gasteiger partial charge in [-0.3, -0.25) is 9.79 Å². The van der Waals surface area contributed by atoms with Gasteiger partial charge in [0.25, 0.3) is 5.91 Å². The first-order valence-corrected chi connectivity index (χ1v) is 9.54. The van der Waals surface area contributed by atoms with E-state index in [-0.39, 0.29) is 29.9 Å². The Balaban J connectivity index is 0.00000243. The van der Waals surface area contributed by atoms with Crippen LogP contribution in [0.4, 0.5) is 0 Å². The largest absolute Gasteiger partial charge is 0.354 e. The van der Waals surface area contributed by atoms with Crippen LogP contribution in [0.5, 0.6) is 0 Å². The van der Waals surface area contributed by atoms with Crippen LogP contribution in [0.15, 0.2) is 29.3 Å². The molecule has 3 rings (SSSR count). The van der Waals surface area contributed by atoms with Crippen molar-refractivity contribution in [2.75, 3.05) is 33.2 Å². The molecule has 2 unspecified atom stereocenters. The third-order valence-electron chi connectivity index (χ3n) is 5.29. The predicted molar refractivity (Wildman–Crippen MR) is 118 cm³/mol. The summed E-state index contributed by atoms with van der Waals surface area (Å²) >= 11 is 5.84. The van der Waals surface area contributed by atoms with Crippen molar-refractivity contribution in [2.24, 2.45) is 16.8 Å². The maximum absolute atomic E-state index is 12.1. The molecule has 1 aliphatic carbocycles. The first-order chi connectivity index (χ1) is 12.2. The van der Waals surface area contributed by atoms with E-state index in [0.717, 1.165) is 30.9 Å². The second kappa shape index (κ2) is 10.3. The van der Waals surface area contributed by atoms with E-state index in [1.165, 1.54) is 25.7 Å². The van der Waals surface area contributed by atoms with Crippen LogP contribution in [0.3, 0.4) is 0 Å². The first kappa shape index (κ1) is 21.3. The van der Waals surface area contributed by atoms with E-state index in [2.05, 4.69) is 20.5 Å². The third-order valence-corrected chi connectivity index (χ3v) is 5.54. The van der Waals surface area contributed by atoms with E-state index < -0.39 is 0 Å². The molecule has 1 aromatic carbocycles. The van der Waals surface area contributed by atoms with Crippen molar-refractivity contribution in [3.05, 3.63) is 34.9 Å². The number of halogens is 2. The average Bonchev–Trinajstić information content (AvgIpc) is 3.06. The number of aliphatic imine (C=N–C) groups is 1. The molecular formula is C19H28ClIN4O. The second-order valence-electron chi connectivity index (χ2n) is 6.95. The van der Waals surface area contributed by atoms with Gasteiger partial charge in [0.05, 0.1) is 0 Å². The highest BCUT2D eigenvalue weighted by atomic mass is 127. The summed E-state index contributed by atoms with van der Waals surface area (Å²) in [6.45, 7) is 3.45. The number of amides is 1. The van der Waals surface area contributed by atoms with Crippen LogP contribution < -0.4 is 10.6 Å². The molecule has 2 aliphatic rings. The Morgan fingerprint density at radius 3 is 2.27 bits per heavy atom. The molecule has 2 N–H and O–H groups in total. The normalized spacial score (nSPS) is 22.4. The van der Waals surface area contributed by atoms with Gasteiger partial charge in [-0.15, -0.1) is 24.0 Å². The van der Waals surface area contributed by atoms with Crippen molar-refractivity contribution in [3.63, 3.8) is 0 Å². The molecule has 5 nitrogen and oxygen atoms in total. The fourth-order valence-electron chi connectivity index (χ4n) is 3.96. The lowest BCUT2D eigenvalue weighted by atomic mass is 9.82. The van der Waals surface area contributed by atoms with Gasteiger partial charge in [0.2, 0.25) is 0 Å². The van der Waals surface area contributed by atoms with Crippen LogP contribution in [-0.4, -0.2) is 50.0 Å². The summed E-state index contributed by atoms with van der Waals surface area (Å²) in [5.41, 5.74) is 0.623. The quantitative estimate of drug-likeness (QED) is 0.294. The highest BCUT2D eigenvalue weighted by Gasteiger charge is 2.35. The second-order valence-corrected chi connectivity index (χ2v) is 7.38. The van der Waals surface area contributed by atoms with Gasteiger partial charge in [-0.1, -0.05) is 24.4 Å². The SMILES string of the molecule is CN=C(NCCNC(=O)c1ccc(Cl)cc1)N1CC2CCCCC2C1.I. The van der Waals surface area contributed by atoms with E-state index in [9.17, 15) is 4.79 Å². The maximum Gasteiger partial charge on any atom is 0.251 e. The summed E-state index contributed by atoms with van der Waals surface area (Å²) in [6.07, 6.45) is 5.46. The van der Waals surface area contributed by atoms with Crippen molar-refractivity contribution < 1.29 is 4.79 Å². The number of carbonyl (C=O) groups is 1. The van der Waals surface area contributed by atoms with Crippen LogP contribution >= 0.6 is 35.6 Å². The number of rotatable bonds is 4. The summed E-state index contributed by atoms with van der Waals surface area (Å²) < 4.78 is 0. The zero-order valence-corrected chi connectivity index (χ0v) is 18.3. The molecule has 0 aromatic heterocycles. The number of guanidine groups is 1. The van der Waals surface area contributed by atoms with Gasteiger partial charge in [0.15, 0.2) is 5.96 Å². The van der Waals surface area contributed by atoms with E-state index in [0.29, 0.717) is 23.7 Å². The van der Waals surface area contributed by atoms with E-state index >= 15 is 0 Å². The Kier molecular flexibility index (Phi) is 8.47. The number of fused-ring (bicyclic) bond motifs is 1. The van der Waals surface area contributed by atoms with Gasteiger partial charge in [0.1, 0.15) is 0 Å². The van der Waals surface area contributed by atoms with Gasteiger partial charge in [-0.05, 0) is 48.9 Å². The van der Waals surface area contributed by atoms with Crippen LogP contribution in [-0.2, 0) is 0 Å².